The normalized spacial score (nSPS) is 27.4. The highest BCUT2D eigenvalue weighted by atomic mass is 19.4. The second-order valence-corrected chi connectivity index (χ2v) is 5.37. The summed E-state index contributed by atoms with van der Waals surface area (Å²) in [6.45, 7) is 1.23. The summed E-state index contributed by atoms with van der Waals surface area (Å²) in [5.74, 6) is 0.667. The highest BCUT2D eigenvalue weighted by Crippen LogP contribution is 2.51. The van der Waals surface area contributed by atoms with Gasteiger partial charge in [-0.3, -0.25) is 0 Å². The number of rotatable bonds is 3. The summed E-state index contributed by atoms with van der Waals surface area (Å²) in [5.41, 5.74) is -0.791. The third-order valence-electron chi connectivity index (χ3n) is 4.13. The number of ether oxygens (including phenoxy) is 1. The summed E-state index contributed by atoms with van der Waals surface area (Å²) in [6, 6.07) is 1.77. The number of piperidine rings is 1. The molecule has 0 bridgehead atoms. The molecule has 1 saturated heterocycles. The van der Waals surface area contributed by atoms with E-state index >= 15 is 0 Å². The van der Waals surface area contributed by atoms with E-state index in [1.54, 1.807) is 0 Å². The van der Waals surface area contributed by atoms with E-state index in [-0.39, 0.29) is 30.2 Å². The summed E-state index contributed by atoms with van der Waals surface area (Å²) >= 11 is 0. The lowest BCUT2D eigenvalue weighted by Crippen LogP contribution is -2.30. The highest BCUT2D eigenvalue weighted by molar-refractivity contribution is 5.65. The van der Waals surface area contributed by atoms with Gasteiger partial charge in [-0.25, -0.2) is 9.78 Å². The zero-order valence-electron chi connectivity index (χ0n) is 10.9. The Hall–Kier alpha value is -1.99. The molecule has 1 saturated carbocycles. The monoisotopic (exact) mass is 302 g/mol. The van der Waals surface area contributed by atoms with Crippen molar-refractivity contribution in [2.75, 3.05) is 19.7 Å². The van der Waals surface area contributed by atoms with Gasteiger partial charge in [-0.15, -0.1) is 0 Å². The number of hydrogen-bond acceptors (Lipinski definition) is 3. The van der Waals surface area contributed by atoms with Crippen LogP contribution in [0.4, 0.5) is 18.0 Å². The molecule has 2 fully saturated rings. The number of carbonyl (C=O) groups is 1. The molecule has 0 spiro atoms. The van der Waals surface area contributed by atoms with E-state index in [4.69, 9.17) is 9.84 Å². The fraction of sp³-hybridized carbons (Fsp3) is 0.538. The largest absolute Gasteiger partial charge is 0.477 e. The summed E-state index contributed by atoms with van der Waals surface area (Å²) < 4.78 is 42.9. The second kappa shape index (κ2) is 4.78. The Morgan fingerprint density at radius 2 is 2.10 bits per heavy atom. The lowest BCUT2D eigenvalue weighted by atomic mass is 10.2. The van der Waals surface area contributed by atoms with Crippen LogP contribution < -0.4 is 4.74 Å². The summed E-state index contributed by atoms with van der Waals surface area (Å²) in [7, 11) is 0. The van der Waals surface area contributed by atoms with Crippen LogP contribution in [-0.4, -0.2) is 40.8 Å². The van der Waals surface area contributed by atoms with Crippen molar-refractivity contribution in [1.82, 2.24) is 9.88 Å². The SMILES string of the molecule is O=C(O)N1CC2C(COc3cc(C(F)(F)F)ccn3)C2C1. The molecule has 1 amide bonds. The Kier molecular flexibility index (Phi) is 3.18. The molecule has 1 aliphatic heterocycles. The molecule has 2 aliphatic rings. The molecular weight excluding hydrogens is 289 g/mol. The zero-order chi connectivity index (χ0) is 15.2. The van der Waals surface area contributed by atoms with Gasteiger partial charge in [0.25, 0.3) is 0 Å². The van der Waals surface area contributed by atoms with Gasteiger partial charge >= 0.3 is 12.3 Å². The Morgan fingerprint density at radius 3 is 2.67 bits per heavy atom. The number of carboxylic acid groups (broad SMARTS) is 1. The van der Waals surface area contributed by atoms with Gasteiger partial charge in [0.15, 0.2) is 0 Å². The number of amides is 1. The van der Waals surface area contributed by atoms with Crippen molar-refractivity contribution in [1.29, 1.82) is 0 Å². The van der Waals surface area contributed by atoms with Crippen LogP contribution in [0.15, 0.2) is 18.3 Å². The van der Waals surface area contributed by atoms with E-state index in [2.05, 4.69) is 4.98 Å². The van der Waals surface area contributed by atoms with Crippen LogP contribution >= 0.6 is 0 Å². The quantitative estimate of drug-likeness (QED) is 0.931. The minimum atomic E-state index is -4.42. The molecule has 1 aromatic rings. The standard InChI is InChI=1S/C13H13F3N2O3/c14-13(15,16)7-1-2-17-11(3-7)21-6-10-8-4-18(12(19)20)5-9(8)10/h1-3,8-10H,4-6H2,(H,19,20). The molecule has 5 nitrogen and oxygen atoms in total. The Labute approximate surface area is 118 Å². The number of hydrogen-bond donors (Lipinski definition) is 1. The maximum Gasteiger partial charge on any atom is 0.416 e. The van der Waals surface area contributed by atoms with Crippen LogP contribution in [-0.2, 0) is 6.18 Å². The maximum absolute atomic E-state index is 12.5. The topological polar surface area (TPSA) is 62.7 Å². The lowest BCUT2D eigenvalue weighted by Gasteiger charge is -2.16. The molecule has 114 valence electrons. The van der Waals surface area contributed by atoms with Crippen molar-refractivity contribution in [3.8, 4) is 5.88 Å². The predicted molar refractivity (Wildman–Crippen MR) is 64.8 cm³/mol. The first-order valence-electron chi connectivity index (χ1n) is 6.50. The summed E-state index contributed by atoms with van der Waals surface area (Å²) in [4.78, 5) is 15.9. The van der Waals surface area contributed by atoms with Gasteiger partial charge in [0.2, 0.25) is 5.88 Å². The molecule has 1 N–H and O–H groups in total. The molecule has 8 heteroatoms. The van der Waals surface area contributed by atoms with E-state index < -0.39 is 17.8 Å². The minimum Gasteiger partial charge on any atom is -0.477 e. The van der Waals surface area contributed by atoms with E-state index in [9.17, 15) is 18.0 Å². The molecule has 0 radical (unpaired) electrons. The summed E-state index contributed by atoms with van der Waals surface area (Å²) in [6.07, 6.45) is -4.28. The number of likely N-dealkylation sites (tertiary alicyclic amines) is 1. The summed E-state index contributed by atoms with van der Waals surface area (Å²) in [5, 5.41) is 8.83. The average Bonchev–Trinajstić information content (AvgIpc) is 2.86. The molecular formula is C13H13F3N2O3. The van der Waals surface area contributed by atoms with E-state index in [0.29, 0.717) is 13.1 Å². The molecule has 0 aromatic carbocycles. The second-order valence-electron chi connectivity index (χ2n) is 5.37. The smallest absolute Gasteiger partial charge is 0.416 e. The number of pyridine rings is 1. The molecule has 1 aliphatic carbocycles. The van der Waals surface area contributed by atoms with Crippen LogP contribution in [0.1, 0.15) is 5.56 Å². The molecule has 1 aromatic heterocycles. The third-order valence-corrected chi connectivity index (χ3v) is 4.13. The number of aromatic nitrogens is 1. The predicted octanol–water partition coefficient (Wildman–Crippen LogP) is 2.34. The third kappa shape index (κ3) is 2.74. The van der Waals surface area contributed by atoms with Crippen LogP contribution in [0.2, 0.25) is 0 Å². The highest BCUT2D eigenvalue weighted by Gasteiger charge is 2.57. The Morgan fingerprint density at radius 1 is 1.43 bits per heavy atom. The van der Waals surface area contributed by atoms with Gasteiger partial charge in [-0.05, 0) is 17.9 Å². The van der Waals surface area contributed by atoms with E-state index in [1.165, 1.54) is 4.90 Å². The van der Waals surface area contributed by atoms with Gasteiger partial charge in [0, 0.05) is 31.3 Å². The first kappa shape index (κ1) is 14.0. The van der Waals surface area contributed by atoms with E-state index in [1.807, 2.05) is 0 Å². The molecule has 2 unspecified atom stereocenters. The van der Waals surface area contributed by atoms with Gasteiger partial charge in [-0.1, -0.05) is 0 Å². The van der Waals surface area contributed by atoms with Crippen LogP contribution in [0.3, 0.4) is 0 Å². The number of alkyl halides is 3. The van der Waals surface area contributed by atoms with Gasteiger partial charge in [0.05, 0.1) is 12.2 Å². The first-order valence-corrected chi connectivity index (χ1v) is 6.50. The Balaban J connectivity index is 1.53. The van der Waals surface area contributed by atoms with Crippen molar-refractivity contribution < 1.29 is 27.8 Å². The van der Waals surface area contributed by atoms with Gasteiger partial charge < -0.3 is 14.7 Å². The molecule has 2 heterocycles. The number of nitrogens with zero attached hydrogens (tertiary/aromatic N) is 2. The molecule has 3 rings (SSSR count). The maximum atomic E-state index is 12.5. The van der Waals surface area contributed by atoms with Crippen LogP contribution in [0.5, 0.6) is 5.88 Å². The van der Waals surface area contributed by atoms with Crippen molar-refractivity contribution >= 4 is 6.09 Å². The van der Waals surface area contributed by atoms with Crippen LogP contribution in [0.25, 0.3) is 0 Å². The number of fused-ring (bicyclic) bond motifs is 1. The average molecular weight is 302 g/mol. The number of halogens is 3. The fourth-order valence-corrected chi connectivity index (χ4v) is 2.90. The Bertz CT molecular complexity index is 552. The lowest BCUT2D eigenvalue weighted by molar-refractivity contribution is -0.137. The minimum absolute atomic E-state index is 0.0510. The van der Waals surface area contributed by atoms with Crippen molar-refractivity contribution in [3.05, 3.63) is 23.9 Å². The first-order chi connectivity index (χ1) is 9.86. The van der Waals surface area contributed by atoms with Crippen molar-refractivity contribution in [2.24, 2.45) is 17.8 Å². The zero-order valence-corrected chi connectivity index (χ0v) is 10.9. The van der Waals surface area contributed by atoms with Gasteiger partial charge in [-0.2, -0.15) is 13.2 Å². The fourth-order valence-electron chi connectivity index (χ4n) is 2.90. The van der Waals surface area contributed by atoms with Crippen molar-refractivity contribution in [3.63, 3.8) is 0 Å². The van der Waals surface area contributed by atoms with Crippen LogP contribution in [0, 0.1) is 17.8 Å². The van der Waals surface area contributed by atoms with E-state index in [0.717, 1.165) is 18.3 Å². The van der Waals surface area contributed by atoms with Gasteiger partial charge in [0.1, 0.15) is 0 Å². The molecule has 2 atom stereocenters. The van der Waals surface area contributed by atoms with Crippen molar-refractivity contribution in [2.45, 2.75) is 6.18 Å². The molecule has 21 heavy (non-hydrogen) atoms.